The molecule has 0 radical (unpaired) electrons. The van der Waals surface area contributed by atoms with Crippen molar-refractivity contribution in [1.82, 2.24) is 15.2 Å². The van der Waals surface area contributed by atoms with Crippen molar-refractivity contribution in [2.24, 2.45) is 0 Å². The Morgan fingerprint density at radius 3 is 2.54 bits per heavy atom. The first kappa shape index (κ1) is 20.2. The van der Waals surface area contributed by atoms with Crippen LogP contribution in [0.5, 0.6) is 0 Å². The molecule has 0 unspecified atom stereocenters. The Balaban J connectivity index is 1.41. The molecule has 0 aromatic carbocycles. The van der Waals surface area contributed by atoms with Crippen molar-refractivity contribution in [3.8, 4) is 0 Å². The van der Waals surface area contributed by atoms with Gasteiger partial charge in [0, 0.05) is 29.5 Å². The van der Waals surface area contributed by atoms with E-state index in [2.05, 4.69) is 22.1 Å². The number of carbonyl (C=O) groups excluding carboxylic acids is 3. The third-order valence-corrected chi connectivity index (χ3v) is 5.37. The lowest BCUT2D eigenvalue weighted by Gasteiger charge is -2.22. The number of hydrogen-bond acceptors (Lipinski definition) is 4. The Kier molecular flexibility index (Phi) is 6.54. The number of ether oxygens (including phenoxy) is 1. The summed E-state index contributed by atoms with van der Waals surface area (Å²) in [5.41, 5.74) is 3.27. The number of nitrogens with zero attached hydrogens (tertiary/aromatic N) is 1. The SMILES string of the molecule is Cc1cc(/C=C/C(=O)OCC(=O)NC(=O)NC2CCCCC2)c(C)n1C1CC1. The average Bonchev–Trinajstić information content (AvgIpc) is 3.44. The van der Waals surface area contributed by atoms with Crippen LogP contribution >= 0.6 is 0 Å². The van der Waals surface area contributed by atoms with Gasteiger partial charge in [-0.3, -0.25) is 10.1 Å². The molecule has 0 spiro atoms. The topological polar surface area (TPSA) is 89.4 Å². The van der Waals surface area contributed by atoms with Gasteiger partial charge in [0.15, 0.2) is 6.61 Å². The van der Waals surface area contributed by atoms with E-state index in [1.807, 2.05) is 13.0 Å². The summed E-state index contributed by atoms with van der Waals surface area (Å²) < 4.78 is 7.22. The molecule has 0 aliphatic heterocycles. The van der Waals surface area contributed by atoms with Crippen LogP contribution in [0.4, 0.5) is 4.79 Å². The maximum atomic E-state index is 11.9. The standard InChI is InChI=1S/C21H29N3O4/c1-14-12-16(15(2)24(14)18-9-10-18)8-11-20(26)28-13-19(25)23-21(27)22-17-6-4-3-5-7-17/h8,11-12,17-18H,3-7,9-10,13H2,1-2H3,(H2,22,23,25,27)/b11-8+. The molecule has 1 aromatic heterocycles. The molecule has 28 heavy (non-hydrogen) atoms. The van der Waals surface area contributed by atoms with Crippen molar-refractivity contribution in [2.75, 3.05) is 6.61 Å². The molecule has 1 heterocycles. The summed E-state index contributed by atoms with van der Waals surface area (Å²) in [6.45, 7) is 3.61. The molecule has 2 aliphatic carbocycles. The lowest BCUT2D eigenvalue weighted by Crippen LogP contribution is -2.46. The van der Waals surface area contributed by atoms with Gasteiger partial charge in [0.25, 0.3) is 5.91 Å². The predicted molar refractivity (Wildman–Crippen MR) is 106 cm³/mol. The Morgan fingerprint density at radius 1 is 1.14 bits per heavy atom. The molecule has 0 atom stereocenters. The number of nitrogens with one attached hydrogen (secondary N) is 2. The van der Waals surface area contributed by atoms with E-state index in [0.717, 1.165) is 36.9 Å². The first-order valence-electron chi connectivity index (χ1n) is 10.1. The van der Waals surface area contributed by atoms with E-state index in [0.29, 0.717) is 6.04 Å². The Hall–Kier alpha value is -2.57. The molecule has 2 fully saturated rings. The van der Waals surface area contributed by atoms with Crippen molar-refractivity contribution in [3.05, 3.63) is 29.1 Å². The molecule has 7 heteroatoms. The highest BCUT2D eigenvalue weighted by Crippen LogP contribution is 2.38. The summed E-state index contributed by atoms with van der Waals surface area (Å²) in [5.74, 6) is -1.25. The summed E-state index contributed by atoms with van der Waals surface area (Å²) in [6.07, 6.45) is 10.7. The van der Waals surface area contributed by atoms with Crippen LogP contribution in [0.15, 0.2) is 12.1 Å². The first-order chi connectivity index (χ1) is 13.4. The van der Waals surface area contributed by atoms with Crippen LogP contribution in [0.1, 0.15) is 67.9 Å². The van der Waals surface area contributed by atoms with Gasteiger partial charge in [-0.1, -0.05) is 19.3 Å². The fourth-order valence-electron chi connectivity index (χ4n) is 3.84. The number of hydrogen-bond donors (Lipinski definition) is 2. The minimum atomic E-state index is -0.637. The zero-order chi connectivity index (χ0) is 20.1. The van der Waals surface area contributed by atoms with Gasteiger partial charge in [-0.05, 0) is 57.2 Å². The smallest absolute Gasteiger partial charge is 0.331 e. The summed E-state index contributed by atoms with van der Waals surface area (Å²) in [6, 6.07) is 2.20. The van der Waals surface area contributed by atoms with E-state index < -0.39 is 24.5 Å². The quantitative estimate of drug-likeness (QED) is 0.580. The highest BCUT2D eigenvalue weighted by Gasteiger charge is 2.26. The Labute approximate surface area is 165 Å². The second-order valence-corrected chi connectivity index (χ2v) is 7.73. The van der Waals surface area contributed by atoms with E-state index >= 15 is 0 Å². The van der Waals surface area contributed by atoms with E-state index in [1.165, 1.54) is 31.0 Å². The normalized spacial score (nSPS) is 17.5. The molecule has 152 valence electrons. The largest absolute Gasteiger partial charge is 0.452 e. The van der Waals surface area contributed by atoms with Gasteiger partial charge >= 0.3 is 12.0 Å². The first-order valence-corrected chi connectivity index (χ1v) is 10.1. The summed E-state index contributed by atoms with van der Waals surface area (Å²) >= 11 is 0. The van der Waals surface area contributed by atoms with Crippen molar-refractivity contribution < 1.29 is 19.1 Å². The maximum Gasteiger partial charge on any atom is 0.331 e. The van der Waals surface area contributed by atoms with Crippen molar-refractivity contribution in [1.29, 1.82) is 0 Å². The second-order valence-electron chi connectivity index (χ2n) is 7.73. The predicted octanol–water partition coefficient (Wildman–Crippen LogP) is 3.15. The molecule has 0 saturated heterocycles. The fourth-order valence-corrected chi connectivity index (χ4v) is 3.84. The Morgan fingerprint density at radius 2 is 1.86 bits per heavy atom. The van der Waals surface area contributed by atoms with Gasteiger partial charge in [0.2, 0.25) is 0 Å². The molecule has 1 aromatic rings. The average molecular weight is 387 g/mol. The van der Waals surface area contributed by atoms with Crippen LogP contribution in [0, 0.1) is 13.8 Å². The van der Waals surface area contributed by atoms with Crippen LogP contribution in [0.3, 0.4) is 0 Å². The molecular weight excluding hydrogens is 358 g/mol. The fraction of sp³-hybridized carbons (Fsp3) is 0.571. The number of urea groups is 1. The monoisotopic (exact) mass is 387 g/mol. The molecule has 2 aliphatic rings. The van der Waals surface area contributed by atoms with E-state index in [4.69, 9.17) is 4.74 Å². The highest BCUT2D eigenvalue weighted by molar-refractivity contribution is 5.96. The van der Waals surface area contributed by atoms with E-state index in [-0.39, 0.29) is 6.04 Å². The van der Waals surface area contributed by atoms with Gasteiger partial charge in [0.05, 0.1) is 0 Å². The van der Waals surface area contributed by atoms with Crippen LogP contribution in [0.2, 0.25) is 0 Å². The van der Waals surface area contributed by atoms with Crippen LogP contribution < -0.4 is 10.6 Å². The number of esters is 1. The number of amides is 3. The molecule has 7 nitrogen and oxygen atoms in total. The number of rotatable bonds is 6. The number of imide groups is 1. The van der Waals surface area contributed by atoms with Crippen LogP contribution in [0.25, 0.3) is 6.08 Å². The van der Waals surface area contributed by atoms with Crippen LogP contribution in [-0.2, 0) is 14.3 Å². The van der Waals surface area contributed by atoms with Crippen molar-refractivity contribution in [2.45, 2.75) is 70.9 Å². The Bertz CT molecular complexity index is 771. The molecule has 2 N–H and O–H groups in total. The van der Waals surface area contributed by atoms with Gasteiger partial charge in [-0.15, -0.1) is 0 Å². The van der Waals surface area contributed by atoms with Gasteiger partial charge in [0.1, 0.15) is 0 Å². The minimum absolute atomic E-state index is 0.113. The summed E-state index contributed by atoms with van der Waals surface area (Å²) in [4.78, 5) is 35.5. The molecule has 3 amide bonds. The molecule has 2 saturated carbocycles. The highest BCUT2D eigenvalue weighted by atomic mass is 16.5. The molecular formula is C21H29N3O4. The third kappa shape index (κ3) is 5.47. The third-order valence-electron chi connectivity index (χ3n) is 5.37. The van der Waals surface area contributed by atoms with Crippen LogP contribution in [-0.4, -0.2) is 35.1 Å². The minimum Gasteiger partial charge on any atom is -0.452 e. The van der Waals surface area contributed by atoms with E-state index in [1.54, 1.807) is 6.08 Å². The lowest BCUT2D eigenvalue weighted by atomic mass is 9.96. The van der Waals surface area contributed by atoms with Gasteiger partial charge < -0.3 is 14.6 Å². The second kappa shape index (κ2) is 9.08. The number of aromatic nitrogens is 1. The maximum absolute atomic E-state index is 11.9. The molecule has 0 bridgehead atoms. The molecule has 3 rings (SSSR count). The summed E-state index contributed by atoms with van der Waals surface area (Å²) in [5, 5.41) is 4.99. The van der Waals surface area contributed by atoms with Gasteiger partial charge in [-0.25, -0.2) is 9.59 Å². The number of carbonyl (C=O) groups is 3. The zero-order valence-electron chi connectivity index (χ0n) is 16.6. The summed E-state index contributed by atoms with van der Waals surface area (Å²) in [7, 11) is 0. The van der Waals surface area contributed by atoms with Gasteiger partial charge in [-0.2, -0.15) is 0 Å². The van der Waals surface area contributed by atoms with E-state index in [9.17, 15) is 14.4 Å². The van der Waals surface area contributed by atoms with Crippen molar-refractivity contribution in [3.63, 3.8) is 0 Å². The lowest BCUT2D eigenvalue weighted by molar-refractivity contribution is -0.143. The van der Waals surface area contributed by atoms with Crippen molar-refractivity contribution >= 4 is 24.0 Å². The zero-order valence-corrected chi connectivity index (χ0v) is 16.6. The number of aryl methyl sites for hydroxylation is 1.